The van der Waals surface area contributed by atoms with Crippen LogP contribution >= 0.6 is 0 Å². The third kappa shape index (κ3) is 4.61. The third-order valence-electron chi connectivity index (χ3n) is 5.92. The highest BCUT2D eigenvalue weighted by molar-refractivity contribution is 6.05. The summed E-state index contributed by atoms with van der Waals surface area (Å²) < 4.78 is 0. The maximum absolute atomic E-state index is 12.9. The third-order valence-corrected chi connectivity index (χ3v) is 5.92. The molecule has 1 fully saturated rings. The van der Waals surface area contributed by atoms with Crippen LogP contribution in [0.2, 0.25) is 0 Å². The molecule has 4 aromatic rings. The van der Waals surface area contributed by atoms with Crippen LogP contribution in [0.3, 0.4) is 0 Å². The Balaban J connectivity index is 1.36. The number of pyridine rings is 3. The molecule has 0 unspecified atom stereocenters. The molecule has 3 N–H and O–H groups in total. The molecular formula is C25H25N7O. The first-order valence-corrected chi connectivity index (χ1v) is 10.9. The van der Waals surface area contributed by atoms with E-state index in [1.165, 1.54) is 0 Å². The van der Waals surface area contributed by atoms with Crippen molar-refractivity contribution in [2.24, 2.45) is 0 Å². The summed E-state index contributed by atoms with van der Waals surface area (Å²) in [6, 6.07) is 15.2. The lowest BCUT2D eigenvalue weighted by Crippen LogP contribution is -2.44. The predicted molar refractivity (Wildman–Crippen MR) is 131 cm³/mol. The van der Waals surface area contributed by atoms with E-state index < -0.39 is 0 Å². The van der Waals surface area contributed by atoms with Crippen LogP contribution in [0.4, 0.5) is 17.5 Å². The summed E-state index contributed by atoms with van der Waals surface area (Å²) in [5, 5.41) is 4.88. The summed E-state index contributed by atoms with van der Waals surface area (Å²) in [5.74, 6) is 1.60. The minimum absolute atomic E-state index is 0.210. The molecule has 1 amide bonds. The zero-order valence-corrected chi connectivity index (χ0v) is 18.4. The molecule has 3 aromatic heterocycles. The summed E-state index contributed by atoms with van der Waals surface area (Å²) in [6.45, 7) is 3.75. The summed E-state index contributed by atoms with van der Waals surface area (Å²) in [4.78, 5) is 30.5. The van der Waals surface area contributed by atoms with Crippen molar-refractivity contribution in [3.63, 3.8) is 0 Å². The van der Waals surface area contributed by atoms with Crippen LogP contribution in [-0.4, -0.2) is 59.0 Å². The van der Waals surface area contributed by atoms with E-state index in [1.807, 2.05) is 30.3 Å². The van der Waals surface area contributed by atoms with Crippen molar-refractivity contribution < 1.29 is 4.79 Å². The molecule has 33 heavy (non-hydrogen) atoms. The Morgan fingerprint density at radius 1 is 0.879 bits per heavy atom. The minimum atomic E-state index is -0.210. The first kappa shape index (κ1) is 20.8. The van der Waals surface area contributed by atoms with Crippen molar-refractivity contribution >= 4 is 34.1 Å². The van der Waals surface area contributed by atoms with Gasteiger partial charge >= 0.3 is 0 Å². The van der Waals surface area contributed by atoms with Crippen LogP contribution in [0, 0.1) is 0 Å². The molecule has 1 aliphatic heterocycles. The van der Waals surface area contributed by atoms with Gasteiger partial charge in [-0.3, -0.25) is 4.79 Å². The van der Waals surface area contributed by atoms with Gasteiger partial charge in [0.2, 0.25) is 0 Å². The Labute approximate surface area is 192 Å². The van der Waals surface area contributed by atoms with E-state index in [9.17, 15) is 4.79 Å². The van der Waals surface area contributed by atoms with Gasteiger partial charge in [-0.2, -0.15) is 0 Å². The number of nitrogen functional groups attached to an aromatic ring is 1. The van der Waals surface area contributed by atoms with Gasteiger partial charge in [0.25, 0.3) is 5.91 Å². The summed E-state index contributed by atoms with van der Waals surface area (Å²) in [5.41, 5.74) is 8.25. The highest BCUT2D eigenvalue weighted by atomic mass is 16.1. The van der Waals surface area contributed by atoms with E-state index in [4.69, 9.17) is 5.73 Å². The van der Waals surface area contributed by atoms with Crippen LogP contribution in [0.1, 0.15) is 10.4 Å². The van der Waals surface area contributed by atoms with Crippen LogP contribution in [0.15, 0.2) is 67.1 Å². The fourth-order valence-corrected chi connectivity index (χ4v) is 3.92. The Morgan fingerprint density at radius 3 is 2.48 bits per heavy atom. The Bertz CT molecular complexity index is 1300. The molecule has 0 aliphatic carbocycles. The number of carbonyl (C=O) groups is 1. The molecule has 166 valence electrons. The molecule has 0 bridgehead atoms. The van der Waals surface area contributed by atoms with Gasteiger partial charge in [0, 0.05) is 61.3 Å². The highest BCUT2D eigenvalue weighted by Gasteiger charge is 2.17. The second-order valence-corrected chi connectivity index (χ2v) is 8.25. The molecule has 0 saturated carbocycles. The number of anilines is 3. The second-order valence-electron chi connectivity index (χ2n) is 8.25. The molecule has 5 rings (SSSR count). The Morgan fingerprint density at radius 2 is 1.70 bits per heavy atom. The van der Waals surface area contributed by atoms with Gasteiger partial charge in [0.15, 0.2) is 0 Å². The first-order chi connectivity index (χ1) is 16.0. The maximum Gasteiger partial charge on any atom is 0.257 e. The normalized spacial score (nSPS) is 14.4. The van der Waals surface area contributed by atoms with Crippen LogP contribution in [-0.2, 0) is 0 Å². The maximum atomic E-state index is 12.9. The Hall–Kier alpha value is -4.04. The molecule has 1 aliphatic rings. The van der Waals surface area contributed by atoms with Crippen molar-refractivity contribution in [2.75, 3.05) is 49.2 Å². The number of nitrogens with one attached hydrogen (secondary N) is 1. The van der Waals surface area contributed by atoms with E-state index in [2.05, 4.69) is 43.2 Å². The number of amides is 1. The topological polar surface area (TPSA) is 100 Å². The molecule has 4 heterocycles. The van der Waals surface area contributed by atoms with Crippen molar-refractivity contribution in [3.05, 3.63) is 72.7 Å². The monoisotopic (exact) mass is 439 g/mol. The second kappa shape index (κ2) is 8.84. The van der Waals surface area contributed by atoms with Gasteiger partial charge in [0.1, 0.15) is 17.5 Å². The standard InChI is InChI=1S/C25H25N7O/c1-31-8-10-32(11-9-31)24-14-18(6-7-27-24)25(33)30-23-13-21-12-17(2-3-20(21)16-29-23)19-4-5-22(26)28-15-19/h2-7,12-16H,8-11H2,1H3,(H2,26,28)(H,29,30,33). The van der Waals surface area contributed by atoms with E-state index in [-0.39, 0.29) is 5.91 Å². The number of nitrogens with two attached hydrogens (primary N) is 1. The first-order valence-electron chi connectivity index (χ1n) is 10.9. The largest absolute Gasteiger partial charge is 0.384 e. The molecule has 8 heteroatoms. The number of hydrogen-bond acceptors (Lipinski definition) is 7. The van der Waals surface area contributed by atoms with Crippen molar-refractivity contribution in [1.29, 1.82) is 0 Å². The van der Waals surface area contributed by atoms with Gasteiger partial charge in [-0.25, -0.2) is 15.0 Å². The fourth-order valence-electron chi connectivity index (χ4n) is 3.92. The number of aromatic nitrogens is 3. The van der Waals surface area contributed by atoms with Gasteiger partial charge in [-0.15, -0.1) is 0 Å². The quantitative estimate of drug-likeness (QED) is 0.503. The zero-order valence-electron chi connectivity index (χ0n) is 18.4. The number of nitrogens with zero attached hydrogens (tertiary/aromatic N) is 5. The van der Waals surface area contributed by atoms with Crippen LogP contribution in [0.25, 0.3) is 21.9 Å². The number of benzene rings is 1. The number of likely N-dealkylation sites (N-methyl/N-ethyl adjacent to an activating group) is 1. The van der Waals surface area contributed by atoms with E-state index >= 15 is 0 Å². The number of rotatable bonds is 4. The van der Waals surface area contributed by atoms with E-state index in [0.717, 1.165) is 53.9 Å². The summed E-state index contributed by atoms with van der Waals surface area (Å²) in [6.07, 6.45) is 5.20. The van der Waals surface area contributed by atoms with Gasteiger partial charge < -0.3 is 20.9 Å². The lowest BCUT2D eigenvalue weighted by atomic mass is 10.0. The van der Waals surface area contributed by atoms with Gasteiger partial charge in [-0.05, 0) is 54.4 Å². The van der Waals surface area contributed by atoms with Crippen molar-refractivity contribution in [1.82, 2.24) is 19.9 Å². The molecule has 1 saturated heterocycles. The van der Waals surface area contributed by atoms with E-state index in [0.29, 0.717) is 17.2 Å². The van der Waals surface area contributed by atoms with Gasteiger partial charge in [0.05, 0.1) is 0 Å². The number of carbonyl (C=O) groups excluding carboxylic acids is 1. The van der Waals surface area contributed by atoms with Crippen molar-refractivity contribution in [2.45, 2.75) is 0 Å². The average molecular weight is 440 g/mol. The smallest absolute Gasteiger partial charge is 0.257 e. The lowest BCUT2D eigenvalue weighted by Gasteiger charge is -2.33. The Kier molecular flexibility index (Phi) is 5.58. The van der Waals surface area contributed by atoms with Gasteiger partial charge in [-0.1, -0.05) is 12.1 Å². The molecule has 0 radical (unpaired) electrons. The molecule has 1 aromatic carbocycles. The van der Waals surface area contributed by atoms with Crippen molar-refractivity contribution in [3.8, 4) is 11.1 Å². The predicted octanol–water partition coefficient (Wildman–Crippen LogP) is 3.28. The van der Waals surface area contributed by atoms with Crippen LogP contribution in [0.5, 0.6) is 0 Å². The summed E-state index contributed by atoms with van der Waals surface area (Å²) >= 11 is 0. The minimum Gasteiger partial charge on any atom is -0.384 e. The summed E-state index contributed by atoms with van der Waals surface area (Å²) in [7, 11) is 2.11. The highest BCUT2D eigenvalue weighted by Crippen LogP contribution is 2.26. The number of piperazine rings is 1. The average Bonchev–Trinajstić information content (AvgIpc) is 2.84. The molecule has 0 spiro atoms. The van der Waals surface area contributed by atoms with E-state index in [1.54, 1.807) is 30.7 Å². The zero-order chi connectivity index (χ0) is 22.8. The van der Waals surface area contributed by atoms with Crippen LogP contribution < -0.4 is 16.0 Å². The molecule has 8 nitrogen and oxygen atoms in total. The lowest BCUT2D eigenvalue weighted by molar-refractivity contribution is 0.102. The number of fused-ring (bicyclic) bond motifs is 1. The molecule has 0 atom stereocenters. The molecular weight excluding hydrogens is 414 g/mol. The number of hydrogen-bond donors (Lipinski definition) is 2. The SMILES string of the molecule is CN1CCN(c2cc(C(=O)Nc3cc4cc(-c5ccc(N)nc5)ccc4cn3)ccn2)CC1. The fraction of sp³-hybridized carbons (Fsp3) is 0.200.